The molecule has 0 saturated heterocycles. The average molecular weight is 471 g/mol. The number of benzene rings is 2. The lowest BCUT2D eigenvalue weighted by Crippen LogP contribution is -2.23. The van der Waals surface area contributed by atoms with Crippen molar-refractivity contribution in [1.82, 2.24) is 0 Å². The summed E-state index contributed by atoms with van der Waals surface area (Å²) in [4.78, 5) is 12.8. The molecule has 2 aromatic carbocycles. The van der Waals surface area contributed by atoms with E-state index in [9.17, 15) is 13.6 Å². The van der Waals surface area contributed by atoms with E-state index in [-0.39, 0.29) is 11.3 Å². The first-order valence-corrected chi connectivity index (χ1v) is 10.3. The van der Waals surface area contributed by atoms with Crippen LogP contribution in [0.5, 0.6) is 0 Å². The predicted octanol–water partition coefficient (Wildman–Crippen LogP) is 5.35. The smallest absolute Gasteiger partial charge is 0.257 e. The summed E-state index contributed by atoms with van der Waals surface area (Å²) in [6.45, 7) is 0. The fourth-order valence-corrected chi connectivity index (χ4v) is 4.41. The van der Waals surface area contributed by atoms with Crippen LogP contribution in [0, 0.1) is 0 Å². The van der Waals surface area contributed by atoms with E-state index in [2.05, 4.69) is 21.2 Å². The fraction of sp³-hybridized carbons (Fsp3) is 0. The van der Waals surface area contributed by atoms with Gasteiger partial charge in [0, 0.05) is 10.2 Å². The minimum absolute atomic E-state index is 0.206. The Labute approximate surface area is 170 Å². The summed E-state index contributed by atoms with van der Waals surface area (Å²) in [5, 5.41) is 3.15. The molecule has 0 spiro atoms. The molecule has 3 aromatic rings. The molecule has 1 unspecified atom stereocenters. The van der Waals surface area contributed by atoms with E-state index in [0.717, 1.165) is 15.6 Å². The summed E-state index contributed by atoms with van der Waals surface area (Å²) >= 11 is 7.73. The Kier molecular flexibility index (Phi) is 6.10. The van der Waals surface area contributed by atoms with Crippen LogP contribution in [0.2, 0.25) is 4.34 Å². The lowest BCUT2D eigenvalue weighted by atomic mass is 10.1. The number of anilines is 3. The molecule has 3 rings (SSSR count). The number of carbonyl (C=O) groups is 1. The lowest BCUT2D eigenvalue weighted by Gasteiger charge is -2.26. The minimum Gasteiger partial charge on any atom is -0.755 e. The molecule has 1 atom stereocenters. The van der Waals surface area contributed by atoms with E-state index >= 15 is 0 Å². The molecule has 0 fully saturated rings. The lowest BCUT2D eigenvalue weighted by molar-refractivity contribution is 0.102. The number of rotatable bonds is 5. The Balaban J connectivity index is 2.04. The molecule has 1 amide bonds. The quantitative estimate of drug-likeness (QED) is 0.511. The van der Waals surface area contributed by atoms with Crippen LogP contribution in [0.25, 0.3) is 0 Å². The third-order valence-corrected chi connectivity index (χ3v) is 5.88. The van der Waals surface area contributed by atoms with Gasteiger partial charge in [0.25, 0.3) is 5.91 Å². The van der Waals surface area contributed by atoms with Crippen molar-refractivity contribution in [3.05, 3.63) is 75.0 Å². The standard InChI is InChI=1S/C17H12BrClN2O3S2/c18-11-6-7-14(21(26(23)24)16-9-8-15(19)25-16)13(10-11)17(22)20-12-4-2-1-3-5-12/h1-10H,(H,20,22)(H,23,24)/p-1. The van der Waals surface area contributed by atoms with Crippen LogP contribution in [0.3, 0.4) is 0 Å². The fourth-order valence-electron chi connectivity index (χ4n) is 2.27. The van der Waals surface area contributed by atoms with E-state index in [1.54, 1.807) is 54.6 Å². The van der Waals surface area contributed by atoms with Gasteiger partial charge >= 0.3 is 0 Å². The number of nitrogens with one attached hydrogen (secondary N) is 1. The topological polar surface area (TPSA) is 72.5 Å². The van der Waals surface area contributed by atoms with Gasteiger partial charge in [0.05, 0.1) is 26.9 Å². The predicted molar refractivity (Wildman–Crippen MR) is 109 cm³/mol. The highest BCUT2D eigenvalue weighted by atomic mass is 79.9. The molecular formula is C17H11BrClN2O3S2-. The maximum absolute atomic E-state index is 12.8. The highest BCUT2D eigenvalue weighted by Crippen LogP contribution is 2.37. The van der Waals surface area contributed by atoms with Crippen LogP contribution >= 0.6 is 38.9 Å². The molecule has 0 saturated carbocycles. The van der Waals surface area contributed by atoms with E-state index in [0.29, 0.717) is 19.5 Å². The van der Waals surface area contributed by atoms with Gasteiger partial charge in [-0.1, -0.05) is 45.7 Å². The largest absolute Gasteiger partial charge is 0.755 e. The van der Waals surface area contributed by atoms with Gasteiger partial charge in [0.2, 0.25) is 0 Å². The Hall–Kier alpha value is -1.71. The summed E-state index contributed by atoms with van der Waals surface area (Å²) in [5.74, 6) is -0.425. The van der Waals surface area contributed by atoms with Crippen LogP contribution in [0.1, 0.15) is 10.4 Å². The summed E-state index contributed by atoms with van der Waals surface area (Å²) in [7, 11) is 0. The van der Waals surface area contributed by atoms with Gasteiger partial charge in [-0.15, -0.1) is 11.3 Å². The molecule has 1 heterocycles. The number of amides is 1. The second kappa shape index (κ2) is 8.32. The minimum atomic E-state index is -2.63. The maximum Gasteiger partial charge on any atom is 0.257 e. The van der Waals surface area contributed by atoms with Gasteiger partial charge in [-0.25, -0.2) is 0 Å². The van der Waals surface area contributed by atoms with Crippen molar-refractivity contribution in [3.8, 4) is 0 Å². The zero-order chi connectivity index (χ0) is 18.7. The summed E-state index contributed by atoms with van der Waals surface area (Å²) in [6.07, 6.45) is 0. The maximum atomic E-state index is 12.8. The zero-order valence-corrected chi connectivity index (χ0v) is 17.0. The molecule has 1 N–H and O–H groups in total. The average Bonchev–Trinajstić information content (AvgIpc) is 3.03. The van der Waals surface area contributed by atoms with Gasteiger partial charge in [-0.3, -0.25) is 13.3 Å². The zero-order valence-electron chi connectivity index (χ0n) is 13.0. The van der Waals surface area contributed by atoms with Crippen LogP contribution in [0.4, 0.5) is 16.4 Å². The number of hydrogen-bond donors (Lipinski definition) is 1. The number of para-hydroxylation sites is 1. The second-order valence-corrected chi connectivity index (χ2v) is 8.48. The van der Waals surface area contributed by atoms with E-state index in [1.165, 1.54) is 0 Å². The molecular weight excluding hydrogens is 460 g/mol. The Morgan fingerprint density at radius 3 is 2.50 bits per heavy atom. The molecule has 5 nitrogen and oxygen atoms in total. The molecule has 0 aliphatic carbocycles. The molecule has 0 aliphatic heterocycles. The van der Waals surface area contributed by atoms with E-state index < -0.39 is 17.2 Å². The molecule has 1 aromatic heterocycles. The molecule has 9 heteroatoms. The van der Waals surface area contributed by atoms with Crippen LogP contribution in [0.15, 0.2) is 65.1 Å². The summed E-state index contributed by atoms with van der Waals surface area (Å²) in [6, 6.07) is 16.9. The Bertz CT molecular complexity index is 966. The normalized spacial score (nSPS) is 11.8. The first kappa shape index (κ1) is 19.1. The molecule has 26 heavy (non-hydrogen) atoms. The first-order chi connectivity index (χ1) is 12.5. The Morgan fingerprint density at radius 2 is 1.88 bits per heavy atom. The van der Waals surface area contributed by atoms with Gasteiger partial charge in [0.1, 0.15) is 5.00 Å². The summed E-state index contributed by atoms with van der Waals surface area (Å²) < 4.78 is 25.9. The van der Waals surface area contributed by atoms with Gasteiger partial charge < -0.3 is 9.87 Å². The number of halogens is 2. The van der Waals surface area contributed by atoms with Crippen molar-refractivity contribution >= 4 is 72.4 Å². The number of thiophene rings is 1. The van der Waals surface area contributed by atoms with Gasteiger partial charge in [-0.2, -0.15) is 0 Å². The molecule has 0 aliphatic rings. The van der Waals surface area contributed by atoms with Gasteiger partial charge in [-0.05, 0) is 42.5 Å². The van der Waals surface area contributed by atoms with Crippen molar-refractivity contribution in [2.75, 3.05) is 9.62 Å². The summed E-state index contributed by atoms with van der Waals surface area (Å²) in [5.41, 5.74) is 1.04. The van der Waals surface area contributed by atoms with Crippen LogP contribution < -0.4 is 9.62 Å². The van der Waals surface area contributed by atoms with Crippen molar-refractivity contribution in [2.24, 2.45) is 0 Å². The van der Waals surface area contributed by atoms with Crippen molar-refractivity contribution in [3.63, 3.8) is 0 Å². The Morgan fingerprint density at radius 1 is 1.15 bits per heavy atom. The van der Waals surface area contributed by atoms with Crippen molar-refractivity contribution < 1.29 is 13.6 Å². The molecule has 0 bridgehead atoms. The first-order valence-electron chi connectivity index (χ1n) is 7.26. The molecule has 0 radical (unpaired) electrons. The van der Waals surface area contributed by atoms with E-state index in [1.807, 2.05) is 6.07 Å². The third-order valence-electron chi connectivity index (χ3n) is 3.36. The third kappa shape index (κ3) is 4.33. The molecule has 134 valence electrons. The van der Waals surface area contributed by atoms with Crippen molar-refractivity contribution in [1.29, 1.82) is 0 Å². The van der Waals surface area contributed by atoms with Gasteiger partial charge in [0.15, 0.2) is 0 Å². The van der Waals surface area contributed by atoms with Crippen LogP contribution in [-0.4, -0.2) is 14.7 Å². The highest BCUT2D eigenvalue weighted by molar-refractivity contribution is 9.10. The second-order valence-electron chi connectivity index (χ2n) is 5.07. The monoisotopic (exact) mass is 469 g/mol. The number of carbonyl (C=O) groups excluding carboxylic acids is 1. The van der Waals surface area contributed by atoms with Crippen LogP contribution in [-0.2, 0) is 11.3 Å². The number of hydrogen-bond acceptors (Lipinski definition) is 4. The van der Waals surface area contributed by atoms with Crippen molar-refractivity contribution in [2.45, 2.75) is 0 Å². The SMILES string of the molecule is O=C(Nc1ccccc1)c1cc(Br)ccc1N(c1ccc(Cl)s1)S(=O)[O-]. The van der Waals surface area contributed by atoms with E-state index in [4.69, 9.17) is 11.6 Å². The highest BCUT2D eigenvalue weighted by Gasteiger charge is 2.21. The number of nitrogens with zero attached hydrogens (tertiary/aromatic N) is 1.